The Hall–Kier alpha value is -2.09. The van der Waals surface area contributed by atoms with Crippen molar-refractivity contribution in [1.82, 2.24) is 5.32 Å². The molecule has 8 heteroatoms. The number of methoxy groups -OCH3 is 1. The summed E-state index contributed by atoms with van der Waals surface area (Å²) in [7, 11) is -1.45. The molecule has 1 aliphatic rings. The molecule has 1 aliphatic heterocycles. The first-order chi connectivity index (χ1) is 11.8. The summed E-state index contributed by atoms with van der Waals surface area (Å²) >= 11 is 0. The van der Waals surface area contributed by atoms with Gasteiger partial charge in [0.05, 0.1) is 18.6 Å². The Labute approximate surface area is 147 Å². The van der Waals surface area contributed by atoms with E-state index in [0.717, 1.165) is 11.3 Å². The number of hydrogen-bond donors (Lipinski definition) is 1. The van der Waals surface area contributed by atoms with E-state index in [0.29, 0.717) is 13.0 Å². The zero-order valence-electron chi connectivity index (χ0n) is 14.4. The summed E-state index contributed by atoms with van der Waals surface area (Å²) in [5.41, 5.74) is 0.892. The van der Waals surface area contributed by atoms with Crippen LogP contribution in [-0.4, -0.2) is 45.0 Å². The maximum absolute atomic E-state index is 12.0. The number of rotatable bonds is 7. The molecule has 2 rings (SSSR count). The van der Waals surface area contributed by atoms with Gasteiger partial charge in [0.1, 0.15) is 5.75 Å². The van der Waals surface area contributed by atoms with Gasteiger partial charge >= 0.3 is 5.97 Å². The van der Waals surface area contributed by atoms with Crippen molar-refractivity contribution < 1.29 is 27.5 Å². The SMILES string of the molecule is COc1ccc(CNC(=O)[C@@H](C)OC(=O)C[C@@H]2CCS(=O)(=O)C2)cc1. The third-order valence-corrected chi connectivity index (χ3v) is 5.92. The van der Waals surface area contributed by atoms with Crippen LogP contribution in [0.3, 0.4) is 0 Å². The summed E-state index contributed by atoms with van der Waals surface area (Å²) in [5, 5.41) is 2.70. The van der Waals surface area contributed by atoms with Crippen molar-refractivity contribution in [1.29, 1.82) is 0 Å². The van der Waals surface area contributed by atoms with Crippen LogP contribution in [-0.2, 0) is 30.7 Å². The van der Waals surface area contributed by atoms with Crippen LogP contribution in [0, 0.1) is 5.92 Å². The van der Waals surface area contributed by atoms with Gasteiger partial charge in [0, 0.05) is 13.0 Å². The summed E-state index contributed by atoms with van der Waals surface area (Å²) < 4.78 is 32.9. The van der Waals surface area contributed by atoms with Crippen molar-refractivity contribution in [3.8, 4) is 5.75 Å². The minimum absolute atomic E-state index is 0.0140. The number of hydrogen-bond acceptors (Lipinski definition) is 6. The third kappa shape index (κ3) is 6.04. The molecule has 0 saturated carbocycles. The van der Waals surface area contributed by atoms with E-state index in [-0.39, 0.29) is 23.8 Å². The van der Waals surface area contributed by atoms with Crippen molar-refractivity contribution in [2.75, 3.05) is 18.6 Å². The second kappa shape index (κ2) is 8.33. The van der Waals surface area contributed by atoms with E-state index in [1.807, 2.05) is 12.1 Å². The summed E-state index contributed by atoms with van der Waals surface area (Å²) in [6, 6.07) is 7.24. The average molecular weight is 369 g/mol. The van der Waals surface area contributed by atoms with E-state index >= 15 is 0 Å². The molecule has 1 heterocycles. The molecule has 0 radical (unpaired) electrons. The Bertz CT molecular complexity index is 713. The highest BCUT2D eigenvalue weighted by atomic mass is 32.2. The molecule has 1 aromatic carbocycles. The van der Waals surface area contributed by atoms with Crippen molar-refractivity contribution in [2.24, 2.45) is 5.92 Å². The standard InChI is InChI=1S/C17H23NO6S/c1-12(24-16(19)9-14-7-8-25(21,22)11-14)17(20)18-10-13-3-5-15(23-2)6-4-13/h3-6,12,14H,7-11H2,1-2H3,(H,18,20)/t12-,14+/m1/s1. The Morgan fingerprint density at radius 2 is 1.96 bits per heavy atom. The molecule has 2 atom stereocenters. The number of carbonyl (C=O) groups is 2. The number of esters is 1. The minimum Gasteiger partial charge on any atom is -0.497 e. The summed E-state index contributed by atoms with van der Waals surface area (Å²) in [6.07, 6.45) is -0.436. The first-order valence-electron chi connectivity index (χ1n) is 8.09. The molecule has 7 nitrogen and oxygen atoms in total. The average Bonchev–Trinajstić information content (AvgIpc) is 2.91. The third-order valence-electron chi connectivity index (χ3n) is 4.09. The maximum Gasteiger partial charge on any atom is 0.306 e. The molecule has 138 valence electrons. The van der Waals surface area contributed by atoms with Crippen LogP contribution in [0.5, 0.6) is 5.75 Å². The predicted octanol–water partition coefficient (Wildman–Crippen LogP) is 1.07. The monoisotopic (exact) mass is 369 g/mol. The summed E-state index contributed by atoms with van der Waals surface area (Å²) in [6.45, 7) is 1.80. The lowest BCUT2D eigenvalue weighted by molar-refractivity contribution is -0.155. The predicted molar refractivity (Wildman–Crippen MR) is 91.8 cm³/mol. The van der Waals surface area contributed by atoms with E-state index < -0.39 is 27.8 Å². The maximum atomic E-state index is 12.0. The van der Waals surface area contributed by atoms with Crippen LogP contribution in [0.4, 0.5) is 0 Å². The topological polar surface area (TPSA) is 98.8 Å². The van der Waals surface area contributed by atoms with Crippen LogP contribution >= 0.6 is 0 Å². The molecular weight excluding hydrogens is 346 g/mol. The van der Waals surface area contributed by atoms with Crippen LogP contribution in [0.15, 0.2) is 24.3 Å². The second-order valence-electron chi connectivity index (χ2n) is 6.17. The molecule has 1 N–H and O–H groups in total. The first kappa shape index (κ1) is 19.2. The lowest BCUT2D eigenvalue weighted by atomic mass is 10.1. The van der Waals surface area contributed by atoms with Crippen molar-refractivity contribution in [2.45, 2.75) is 32.4 Å². The van der Waals surface area contributed by atoms with Gasteiger partial charge in [-0.25, -0.2) is 8.42 Å². The molecule has 0 unspecified atom stereocenters. The fourth-order valence-electron chi connectivity index (χ4n) is 2.64. The Morgan fingerprint density at radius 3 is 2.52 bits per heavy atom. The van der Waals surface area contributed by atoms with Crippen LogP contribution in [0.25, 0.3) is 0 Å². The number of sulfone groups is 1. The van der Waals surface area contributed by atoms with Gasteiger partial charge in [0.25, 0.3) is 5.91 Å². The molecule has 0 bridgehead atoms. The van der Waals surface area contributed by atoms with Crippen LogP contribution < -0.4 is 10.1 Å². The Balaban J connectivity index is 1.74. The van der Waals surface area contributed by atoms with Gasteiger partial charge in [-0.1, -0.05) is 12.1 Å². The quantitative estimate of drug-likeness (QED) is 0.722. The second-order valence-corrected chi connectivity index (χ2v) is 8.40. The van der Waals surface area contributed by atoms with Crippen molar-refractivity contribution in [3.05, 3.63) is 29.8 Å². The molecule has 1 aromatic rings. The van der Waals surface area contributed by atoms with Gasteiger partial charge < -0.3 is 14.8 Å². The van der Waals surface area contributed by atoms with E-state index in [4.69, 9.17) is 9.47 Å². The van der Waals surface area contributed by atoms with Gasteiger partial charge in [-0.2, -0.15) is 0 Å². The molecule has 0 aromatic heterocycles. The number of ether oxygens (including phenoxy) is 2. The fourth-order valence-corrected chi connectivity index (χ4v) is 4.51. The number of carbonyl (C=O) groups excluding carboxylic acids is 2. The zero-order chi connectivity index (χ0) is 18.4. The molecule has 25 heavy (non-hydrogen) atoms. The number of nitrogens with one attached hydrogen (secondary N) is 1. The van der Waals surface area contributed by atoms with E-state index in [9.17, 15) is 18.0 Å². The largest absolute Gasteiger partial charge is 0.497 e. The number of amides is 1. The summed E-state index contributed by atoms with van der Waals surface area (Å²) in [5.74, 6) is -0.307. The lowest BCUT2D eigenvalue weighted by Crippen LogP contribution is -2.35. The zero-order valence-corrected chi connectivity index (χ0v) is 15.2. The minimum atomic E-state index is -3.03. The molecule has 1 saturated heterocycles. The lowest BCUT2D eigenvalue weighted by Gasteiger charge is -2.15. The Kier molecular flexibility index (Phi) is 6.41. The first-order valence-corrected chi connectivity index (χ1v) is 9.92. The molecular formula is C17H23NO6S. The van der Waals surface area contributed by atoms with Gasteiger partial charge in [0.2, 0.25) is 0 Å². The van der Waals surface area contributed by atoms with Crippen LogP contribution in [0.2, 0.25) is 0 Å². The smallest absolute Gasteiger partial charge is 0.306 e. The van der Waals surface area contributed by atoms with E-state index in [1.165, 1.54) is 6.92 Å². The van der Waals surface area contributed by atoms with Gasteiger partial charge in [-0.15, -0.1) is 0 Å². The van der Waals surface area contributed by atoms with E-state index in [2.05, 4.69) is 5.32 Å². The molecule has 1 amide bonds. The normalized spacial score (nSPS) is 19.8. The van der Waals surface area contributed by atoms with Crippen LogP contribution in [0.1, 0.15) is 25.3 Å². The van der Waals surface area contributed by atoms with Gasteiger partial charge in [-0.05, 0) is 37.0 Å². The Morgan fingerprint density at radius 1 is 1.28 bits per heavy atom. The molecule has 0 aliphatic carbocycles. The van der Waals surface area contributed by atoms with Gasteiger partial charge in [-0.3, -0.25) is 9.59 Å². The van der Waals surface area contributed by atoms with Crippen molar-refractivity contribution in [3.63, 3.8) is 0 Å². The van der Waals surface area contributed by atoms with Crippen molar-refractivity contribution >= 4 is 21.7 Å². The fraction of sp³-hybridized carbons (Fsp3) is 0.529. The molecule has 0 spiro atoms. The van der Waals surface area contributed by atoms with Gasteiger partial charge in [0.15, 0.2) is 15.9 Å². The highest BCUT2D eigenvalue weighted by Crippen LogP contribution is 2.22. The highest BCUT2D eigenvalue weighted by molar-refractivity contribution is 7.91. The number of benzene rings is 1. The summed E-state index contributed by atoms with van der Waals surface area (Å²) in [4.78, 5) is 23.9. The van der Waals surface area contributed by atoms with E-state index in [1.54, 1.807) is 19.2 Å². The highest BCUT2D eigenvalue weighted by Gasteiger charge is 2.30. The molecule has 1 fully saturated rings.